The first-order chi connectivity index (χ1) is 11.9. The van der Waals surface area contributed by atoms with E-state index in [0.29, 0.717) is 18.6 Å². The molecule has 0 fully saturated rings. The van der Waals surface area contributed by atoms with E-state index in [1.165, 1.54) is 26.2 Å². The van der Waals surface area contributed by atoms with Gasteiger partial charge in [0.1, 0.15) is 5.75 Å². The van der Waals surface area contributed by atoms with Crippen LogP contribution in [0.1, 0.15) is 28.4 Å². The Kier molecular flexibility index (Phi) is 4.78. The number of ether oxygens (including phenoxy) is 1. The van der Waals surface area contributed by atoms with Gasteiger partial charge in [-0.2, -0.15) is 0 Å². The van der Waals surface area contributed by atoms with Gasteiger partial charge in [0.25, 0.3) is 5.91 Å². The second-order valence-corrected chi connectivity index (χ2v) is 8.17. The summed E-state index contributed by atoms with van der Waals surface area (Å²) in [5.74, 6) is 0.459. The molecule has 6 nitrogen and oxygen atoms in total. The lowest BCUT2D eigenvalue weighted by molar-refractivity contribution is 0.0924. The molecule has 1 unspecified atom stereocenters. The summed E-state index contributed by atoms with van der Waals surface area (Å²) in [5.41, 5.74) is 1.24. The zero-order valence-corrected chi connectivity index (χ0v) is 14.9. The number of amides is 1. The average molecular weight is 360 g/mol. The van der Waals surface area contributed by atoms with Gasteiger partial charge >= 0.3 is 0 Å². The molecule has 3 rings (SSSR count). The third-order valence-corrected chi connectivity index (χ3v) is 5.95. The number of carbonyl (C=O) groups excluding carboxylic acids is 1. The predicted molar refractivity (Wildman–Crippen MR) is 94.1 cm³/mol. The first-order valence-corrected chi connectivity index (χ1v) is 9.39. The van der Waals surface area contributed by atoms with Gasteiger partial charge in [0.05, 0.1) is 17.5 Å². The normalized spacial score (nSPS) is 16.8. The Hall–Kier alpha value is -2.38. The van der Waals surface area contributed by atoms with Crippen LogP contribution in [0, 0.1) is 0 Å². The molecule has 0 radical (unpaired) electrons. The number of carbonyl (C=O) groups is 1. The molecular weight excluding hydrogens is 340 g/mol. The number of nitrogens with zero attached hydrogens (tertiary/aromatic N) is 1. The molecule has 132 valence electrons. The van der Waals surface area contributed by atoms with Gasteiger partial charge < -0.3 is 10.1 Å². The molecule has 7 heteroatoms. The van der Waals surface area contributed by atoms with Crippen molar-refractivity contribution in [1.82, 2.24) is 9.62 Å². The SMILES string of the molecule is CN(C)S(=O)(=O)c1cccc(C(=O)NC2CCOc3ccccc32)c1. The van der Waals surface area contributed by atoms with Crippen LogP contribution in [0.3, 0.4) is 0 Å². The minimum atomic E-state index is -3.58. The Morgan fingerprint density at radius 2 is 1.92 bits per heavy atom. The largest absolute Gasteiger partial charge is 0.493 e. The third-order valence-electron chi connectivity index (χ3n) is 4.14. The molecular formula is C18H20N2O4S. The van der Waals surface area contributed by atoms with E-state index >= 15 is 0 Å². The van der Waals surface area contributed by atoms with Crippen LogP contribution < -0.4 is 10.1 Å². The van der Waals surface area contributed by atoms with Crippen molar-refractivity contribution in [3.05, 3.63) is 59.7 Å². The van der Waals surface area contributed by atoms with Crippen LogP contribution in [0.5, 0.6) is 5.75 Å². The maximum absolute atomic E-state index is 12.6. The van der Waals surface area contributed by atoms with Crippen LogP contribution in [0.15, 0.2) is 53.4 Å². The molecule has 1 aliphatic heterocycles. The molecule has 1 heterocycles. The highest BCUT2D eigenvalue weighted by atomic mass is 32.2. The molecule has 2 aromatic rings. The van der Waals surface area contributed by atoms with Gasteiger partial charge in [-0.3, -0.25) is 4.79 Å². The van der Waals surface area contributed by atoms with E-state index in [2.05, 4.69) is 5.32 Å². The van der Waals surface area contributed by atoms with Crippen LogP contribution in [-0.4, -0.2) is 39.3 Å². The molecule has 1 N–H and O–H groups in total. The Bertz CT molecular complexity index is 893. The van der Waals surface area contributed by atoms with Crippen molar-refractivity contribution in [3.8, 4) is 5.75 Å². The lowest BCUT2D eigenvalue weighted by atomic mass is 10.00. The van der Waals surface area contributed by atoms with Gasteiger partial charge in [0.2, 0.25) is 10.0 Å². The van der Waals surface area contributed by atoms with E-state index in [4.69, 9.17) is 4.74 Å². The quantitative estimate of drug-likeness (QED) is 0.907. The predicted octanol–water partition coefficient (Wildman–Crippen LogP) is 2.19. The number of para-hydroxylation sites is 1. The van der Waals surface area contributed by atoms with Crippen LogP contribution in [0.4, 0.5) is 0 Å². The summed E-state index contributed by atoms with van der Waals surface area (Å²) in [6, 6.07) is 13.5. The van der Waals surface area contributed by atoms with Gasteiger partial charge in [-0.1, -0.05) is 24.3 Å². The van der Waals surface area contributed by atoms with Crippen molar-refractivity contribution in [2.45, 2.75) is 17.4 Å². The number of rotatable bonds is 4. The van der Waals surface area contributed by atoms with Crippen molar-refractivity contribution in [1.29, 1.82) is 0 Å². The fraction of sp³-hybridized carbons (Fsp3) is 0.278. The molecule has 0 spiro atoms. The fourth-order valence-corrected chi connectivity index (χ4v) is 3.69. The number of benzene rings is 2. The van der Waals surface area contributed by atoms with E-state index in [1.54, 1.807) is 12.1 Å². The number of fused-ring (bicyclic) bond motifs is 1. The van der Waals surface area contributed by atoms with Crippen LogP contribution in [-0.2, 0) is 10.0 Å². The maximum atomic E-state index is 12.6. The van der Waals surface area contributed by atoms with E-state index in [-0.39, 0.29) is 16.8 Å². The molecule has 25 heavy (non-hydrogen) atoms. The lowest BCUT2D eigenvalue weighted by Crippen LogP contribution is -2.32. The zero-order valence-electron chi connectivity index (χ0n) is 14.1. The highest BCUT2D eigenvalue weighted by Gasteiger charge is 2.24. The molecule has 0 aliphatic carbocycles. The molecule has 0 saturated carbocycles. The third kappa shape index (κ3) is 3.52. The van der Waals surface area contributed by atoms with E-state index in [0.717, 1.165) is 15.6 Å². The second kappa shape index (κ2) is 6.85. The minimum Gasteiger partial charge on any atom is -0.493 e. The Labute approximate surface area is 147 Å². The fourth-order valence-electron chi connectivity index (χ4n) is 2.74. The maximum Gasteiger partial charge on any atom is 0.251 e. The molecule has 1 atom stereocenters. The molecule has 0 aromatic heterocycles. The molecule has 0 saturated heterocycles. The zero-order chi connectivity index (χ0) is 18.0. The monoisotopic (exact) mass is 360 g/mol. The summed E-state index contributed by atoms with van der Waals surface area (Å²) in [6.07, 6.45) is 0.665. The topological polar surface area (TPSA) is 75.7 Å². The van der Waals surface area contributed by atoms with Crippen molar-refractivity contribution < 1.29 is 17.9 Å². The highest BCUT2D eigenvalue weighted by Crippen LogP contribution is 2.31. The summed E-state index contributed by atoms with van der Waals surface area (Å²) >= 11 is 0. The number of hydrogen-bond acceptors (Lipinski definition) is 4. The van der Waals surface area contributed by atoms with Gasteiger partial charge in [0.15, 0.2) is 0 Å². The highest BCUT2D eigenvalue weighted by molar-refractivity contribution is 7.89. The van der Waals surface area contributed by atoms with E-state index < -0.39 is 10.0 Å². The Balaban J connectivity index is 1.84. The minimum absolute atomic E-state index is 0.0949. The second-order valence-electron chi connectivity index (χ2n) is 6.02. The van der Waals surface area contributed by atoms with E-state index in [9.17, 15) is 13.2 Å². The number of hydrogen-bond donors (Lipinski definition) is 1. The summed E-state index contributed by atoms with van der Waals surface area (Å²) in [5, 5.41) is 2.97. The Morgan fingerprint density at radius 1 is 1.16 bits per heavy atom. The van der Waals surface area contributed by atoms with Crippen LogP contribution in [0.2, 0.25) is 0 Å². The lowest BCUT2D eigenvalue weighted by Gasteiger charge is -2.26. The summed E-state index contributed by atoms with van der Waals surface area (Å²) in [4.78, 5) is 12.7. The molecule has 1 amide bonds. The Morgan fingerprint density at radius 3 is 2.68 bits per heavy atom. The van der Waals surface area contributed by atoms with Gasteiger partial charge in [-0.25, -0.2) is 12.7 Å². The smallest absolute Gasteiger partial charge is 0.251 e. The summed E-state index contributed by atoms with van der Waals surface area (Å²) < 4.78 is 31.2. The molecule has 2 aromatic carbocycles. The van der Waals surface area contributed by atoms with Crippen LogP contribution in [0.25, 0.3) is 0 Å². The summed E-state index contributed by atoms with van der Waals surface area (Å²) in [7, 11) is -0.663. The van der Waals surface area contributed by atoms with Gasteiger partial charge in [-0.05, 0) is 24.3 Å². The first kappa shape index (κ1) is 17.4. The molecule has 0 bridgehead atoms. The average Bonchev–Trinajstić information content (AvgIpc) is 2.62. The standard InChI is InChI=1S/C18H20N2O4S/c1-20(2)25(22,23)14-7-5-6-13(12-14)18(21)19-16-10-11-24-17-9-4-3-8-15(16)17/h3-9,12,16H,10-11H2,1-2H3,(H,19,21). The van der Waals surface area contributed by atoms with E-state index in [1.807, 2.05) is 24.3 Å². The molecule has 1 aliphatic rings. The number of nitrogens with one attached hydrogen (secondary N) is 1. The van der Waals surface area contributed by atoms with Crippen molar-refractivity contribution in [2.75, 3.05) is 20.7 Å². The summed E-state index contributed by atoms with van der Waals surface area (Å²) in [6.45, 7) is 0.525. The van der Waals surface area contributed by atoms with Crippen LogP contribution >= 0.6 is 0 Å². The van der Waals surface area contributed by atoms with Crippen molar-refractivity contribution in [2.24, 2.45) is 0 Å². The number of sulfonamides is 1. The first-order valence-electron chi connectivity index (χ1n) is 7.95. The van der Waals surface area contributed by atoms with Crippen molar-refractivity contribution >= 4 is 15.9 Å². The van der Waals surface area contributed by atoms with Crippen molar-refractivity contribution in [3.63, 3.8) is 0 Å². The van der Waals surface area contributed by atoms with Gasteiger partial charge in [-0.15, -0.1) is 0 Å². The van der Waals surface area contributed by atoms with Gasteiger partial charge in [0, 0.05) is 31.6 Å².